The third-order valence-corrected chi connectivity index (χ3v) is 3.96. The van der Waals surface area contributed by atoms with Crippen molar-refractivity contribution < 1.29 is 9.90 Å². The van der Waals surface area contributed by atoms with E-state index < -0.39 is 5.97 Å². The van der Waals surface area contributed by atoms with Gasteiger partial charge < -0.3 is 5.11 Å². The largest absolute Gasteiger partial charge is 0.475 e. The summed E-state index contributed by atoms with van der Waals surface area (Å²) < 4.78 is 1.44. The highest BCUT2D eigenvalue weighted by atomic mass is 35.5. The second-order valence-electron chi connectivity index (χ2n) is 4.94. The van der Waals surface area contributed by atoms with Crippen molar-refractivity contribution in [2.45, 2.75) is 6.92 Å². The summed E-state index contributed by atoms with van der Waals surface area (Å²) in [5.74, 6) is -1.06. The number of carbonyl (C=O) groups is 1. The van der Waals surface area contributed by atoms with E-state index in [2.05, 4.69) is 10.1 Å². The average molecular weight is 348 g/mol. The fourth-order valence-electron chi connectivity index (χ4n) is 2.17. The van der Waals surface area contributed by atoms with Gasteiger partial charge >= 0.3 is 5.97 Å². The number of benzene rings is 2. The van der Waals surface area contributed by atoms with Crippen LogP contribution in [0.25, 0.3) is 17.1 Å². The van der Waals surface area contributed by atoms with Crippen LogP contribution in [0.4, 0.5) is 0 Å². The number of carboxylic acids is 1. The van der Waals surface area contributed by atoms with Crippen molar-refractivity contribution in [2.24, 2.45) is 0 Å². The highest BCUT2D eigenvalue weighted by Crippen LogP contribution is 2.27. The smallest absolute Gasteiger partial charge is 0.375 e. The molecule has 0 unspecified atom stereocenters. The van der Waals surface area contributed by atoms with Gasteiger partial charge in [0, 0.05) is 5.56 Å². The third kappa shape index (κ3) is 3.06. The maximum absolute atomic E-state index is 11.2. The molecule has 1 N–H and O–H groups in total. The number of hydrogen-bond donors (Lipinski definition) is 1. The first-order chi connectivity index (χ1) is 11.0. The van der Waals surface area contributed by atoms with Crippen LogP contribution in [-0.2, 0) is 0 Å². The summed E-state index contributed by atoms with van der Waals surface area (Å²) in [6.45, 7) is 1.95. The Morgan fingerprint density at radius 1 is 1.13 bits per heavy atom. The van der Waals surface area contributed by atoms with Gasteiger partial charge in [0.15, 0.2) is 5.82 Å². The highest BCUT2D eigenvalue weighted by Gasteiger charge is 2.18. The van der Waals surface area contributed by atoms with Crippen LogP contribution >= 0.6 is 23.2 Å². The first-order valence-electron chi connectivity index (χ1n) is 6.68. The second kappa shape index (κ2) is 6.02. The van der Waals surface area contributed by atoms with Crippen molar-refractivity contribution in [3.63, 3.8) is 0 Å². The van der Waals surface area contributed by atoms with Crippen molar-refractivity contribution in [3.05, 3.63) is 63.9 Å². The number of aryl methyl sites for hydroxylation is 1. The van der Waals surface area contributed by atoms with Gasteiger partial charge in [-0.15, -0.1) is 5.10 Å². The molecule has 0 saturated carbocycles. The molecule has 0 saturated heterocycles. The van der Waals surface area contributed by atoms with Crippen LogP contribution in [0.2, 0.25) is 10.0 Å². The molecule has 0 bridgehead atoms. The predicted molar refractivity (Wildman–Crippen MR) is 88.5 cm³/mol. The lowest BCUT2D eigenvalue weighted by Gasteiger charge is -2.07. The van der Waals surface area contributed by atoms with Crippen LogP contribution in [0.1, 0.15) is 16.2 Å². The molecule has 2 aromatic carbocycles. The van der Waals surface area contributed by atoms with Crippen molar-refractivity contribution in [3.8, 4) is 17.1 Å². The van der Waals surface area contributed by atoms with Gasteiger partial charge in [-0.1, -0.05) is 47.0 Å². The molecule has 0 aliphatic heterocycles. The monoisotopic (exact) mass is 347 g/mol. The first-order valence-corrected chi connectivity index (χ1v) is 7.44. The Hall–Kier alpha value is -2.37. The summed E-state index contributed by atoms with van der Waals surface area (Å²) in [6.07, 6.45) is 0. The molecular weight excluding hydrogens is 337 g/mol. The van der Waals surface area contributed by atoms with E-state index in [9.17, 15) is 9.90 Å². The van der Waals surface area contributed by atoms with Gasteiger partial charge in [-0.05, 0) is 31.2 Å². The summed E-state index contributed by atoms with van der Waals surface area (Å²) >= 11 is 12.0. The molecule has 116 valence electrons. The van der Waals surface area contributed by atoms with E-state index in [0.29, 0.717) is 21.6 Å². The Balaban J connectivity index is 2.22. The van der Waals surface area contributed by atoms with Crippen molar-refractivity contribution in [1.29, 1.82) is 0 Å². The van der Waals surface area contributed by atoms with E-state index in [0.717, 1.165) is 11.1 Å². The highest BCUT2D eigenvalue weighted by molar-refractivity contribution is 6.42. The fraction of sp³-hybridized carbons (Fsp3) is 0.0625. The molecule has 0 radical (unpaired) electrons. The number of aromatic carboxylic acids is 1. The minimum Gasteiger partial charge on any atom is -0.475 e. The lowest BCUT2D eigenvalue weighted by atomic mass is 10.1. The number of carboxylic acid groups (broad SMARTS) is 1. The molecule has 7 heteroatoms. The van der Waals surface area contributed by atoms with Gasteiger partial charge in [-0.3, -0.25) is 0 Å². The van der Waals surface area contributed by atoms with Gasteiger partial charge in [-0.25, -0.2) is 14.5 Å². The Labute approximate surface area is 142 Å². The van der Waals surface area contributed by atoms with E-state index in [1.54, 1.807) is 18.2 Å². The standard InChI is InChI=1S/C16H11Cl2N3O2/c1-9-3-2-4-10(7-9)15-19-14(16(22)23)20-21(15)11-5-6-12(17)13(18)8-11/h2-8H,1H3,(H,22,23). The Morgan fingerprint density at radius 3 is 2.57 bits per heavy atom. The summed E-state index contributed by atoms with van der Waals surface area (Å²) in [5, 5.41) is 14.0. The van der Waals surface area contributed by atoms with Crippen LogP contribution in [0.5, 0.6) is 0 Å². The zero-order valence-corrected chi connectivity index (χ0v) is 13.5. The van der Waals surface area contributed by atoms with Crippen LogP contribution in [0.15, 0.2) is 42.5 Å². The van der Waals surface area contributed by atoms with Gasteiger partial charge in [0.2, 0.25) is 0 Å². The van der Waals surface area contributed by atoms with Gasteiger partial charge in [0.25, 0.3) is 5.82 Å². The van der Waals surface area contributed by atoms with Crippen molar-refractivity contribution >= 4 is 29.2 Å². The normalized spacial score (nSPS) is 10.7. The van der Waals surface area contributed by atoms with Crippen LogP contribution in [0, 0.1) is 6.92 Å². The fourth-order valence-corrected chi connectivity index (χ4v) is 2.46. The molecule has 0 amide bonds. The number of rotatable bonds is 3. The van der Waals surface area contributed by atoms with Crippen LogP contribution in [-0.4, -0.2) is 25.8 Å². The summed E-state index contributed by atoms with van der Waals surface area (Å²) in [4.78, 5) is 15.4. The van der Waals surface area contributed by atoms with E-state index in [4.69, 9.17) is 23.2 Å². The Kier molecular flexibility index (Phi) is 4.07. The molecule has 23 heavy (non-hydrogen) atoms. The molecule has 5 nitrogen and oxygen atoms in total. The lowest BCUT2D eigenvalue weighted by molar-refractivity contribution is 0.0683. The Morgan fingerprint density at radius 2 is 1.91 bits per heavy atom. The topological polar surface area (TPSA) is 68.0 Å². The quantitative estimate of drug-likeness (QED) is 0.768. The number of aromatic nitrogens is 3. The van der Waals surface area contributed by atoms with Crippen LogP contribution in [0.3, 0.4) is 0 Å². The SMILES string of the molecule is Cc1cccc(-c2nc(C(=O)O)nn2-c2ccc(Cl)c(Cl)c2)c1. The average Bonchev–Trinajstić information content (AvgIpc) is 2.95. The molecule has 0 atom stereocenters. The molecule has 0 fully saturated rings. The zero-order valence-electron chi connectivity index (χ0n) is 12.0. The van der Waals surface area contributed by atoms with Crippen LogP contribution < -0.4 is 0 Å². The molecule has 0 aliphatic rings. The minimum absolute atomic E-state index is 0.285. The summed E-state index contributed by atoms with van der Waals surface area (Å²) in [6, 6.07) is 12.5. The van der Waals surface area contributed by atoms with E-state index >= 15 is 0 Å². The minimum atomic E-state index is -1.20. The molecule has 1 heterocycles. The number of hydrogen-bond acceptors (Lipinski definition) is 3. The molecule has 0 aliphatic carbocycles. The van der Waals surface area contributed by atoms with Gasteiger partial charge in [-0.2, -0.15) is 0 Å². The van der Waals surface area contributed by atoms with E-state index in [1.165, 1.54) is 4.68 Å². The maximum Gasteiger partial charge on any atom is 0.375 e. The lowest BCUT2D eigenvalue weighted by Crippen LogP contribution is -2.02. The van der Waals surface area contributed by atoms with Crippen molar-refractivity contribution in [2.75, 3.05) is 0 Å². The van der Waals surface area contributed by atoms with Gasteiger partial charge in [0.1, 0.15) is 0 Å². The number of halogens is 2. The molecule has 3 rings (SSSR count). The predicted octanol–water partition coefficient (Wildman–Crippen LogP) is 4.25. The van der Waals surface area contributed by atoms with E-state index in [-0.39, 0.29) is 5.82 Å². The van der Waals surface area contributed by atoms with Gasteiger partial charge in [0.05, 0.1) is 15.7 Å². The third-order valence-electron chi connectivity index (χ3n) is 3.22. The van der Waals surface area contributed by atoms with Crippen molar-refractivity contribution in [1.82, 2.24) is 14.8 Å². The summed E-state index contributed by atoms with van der Waals surface area (Å²) in [7, 11) is 0. The molecular formula is C16H11Cl2N3O2. The zero-order chi connectivity index (χ0) is 16.6. The summed E-state index contributed by atoms with van der Waals surface area (Å²) in [5.41, 5.74) is 2.37. The number of nitrogens with zero attached hydrogens (tertiary/aromatic N) is 3. The second-order valence-corrected chi connectivity index (χ2v) is 5.76. The molecule has 0 spiro atoms. The first kappa shape index (κ1) is 15.5. The maximum atomic E-state index is 11.2. The van der Waals surface area contributed by atoms with E-state index in [1.807, 2.05) is 31.2 Å². The molecule has 3 aromatic rings. The Bertz CT molecular complexity index is 906. The molecule has 1 aromatic heterocycles.